The molecule has 6 heteroatoms. The maximum absolute atomic E-state index is 12.2. The maximum Gasteiger partial charge on any atom is 0.317 e. The molecule has 0 aliphatic carbocycles. The topological polar surface area (TPSA) is 61.6 Å². The third-order valence-corrected chi connectivity index (χ3v) is 4.31. The Kier molecular flexibility index (Phi) is 5.48. The molecule has 24 heavy (non-hydrogen) atoms. The van der Waals surface area contributed by atoms with Crippen molar-refractivity contribution in [2.24, 2.45) is 5.92 Å². The van der Waals surface area contributed by atoms with Crippen LogP contribution in [0.2, 0.25) is 0 Å². The number of rotatable bonds is 6. The quantitative estimate of drug-likeness (QED) is 0.884. The second-order valence-corrected chi connectivity index (χ2v) is 6.40. The summed E-state index contributed by atoms with van der Waals surface area (Å²) in [7, 11) is 2.12. The van der Waals surface area contributed by atoms with Crippen LogP contribution in [0.3, 0.4) is 0 Å². The van der Waals surface area contributed by atoms with E-state index >= 15 is 0 Å². The van der Waals surface area contributed by atoms with Crippen LogP contribution in [-0.2, 0) is 13.1 Å². The van der Waals surface area contributed by atoms with Gasteiger partial charge in [-0.1, -0.05) is 6.07 Å². The third-order valence-electron chi connectivity index (χ3n) is 4.31. The van der Waals surface area contributed by atoms with Gasteiger partial charge in [0.15, 0.2) is 0 Å². The Balaban J connectivity index is 1.40. The summed E-state index contributed by atoms with van der Waals surface area (Å²) >= 11 is 0. The molecular formula is C18H24N4O2. The second kappa shape index (κ2) is 7.97. The van der Waals surface area contributed by atoms with E-state index in [0.717, 1.165) is 38.4 Å². The lowest BCUT2D eigenvalue weighted by Gasteiger charge is -2.21. The molecular weight excluding hydrogens is 304 g/mol. The number of nitrogens with one attached hydrogen (secondary N) is 1. The van der Waals surface area contributed by atoms with Crippen LogP contribution in [0.15, 0.2) is 47.3 Å². The van der Waals surface area contributed by atoms with E-state index < -0.39 is 0 Å². The number of furan rings is 1. The van der Waals surface area contributed by atoms with E-state index in [1.807, 2.05) is 29.3 Å². The number of hydrogen-bond acceptors (Lipinski definition) is 4. The van der Waals surface area contributed by atoms with Crippen molar-refractivity contribution in [3.8, 4) is 0 Å². The number of pyridine rings is 1. The van der Waals surface area contributed by atoms with Crippen molar-refractivity contribution in [2.75, 3.05) is 26.7 Å². The van der Waals surface area contributed by atoms with E-state index in [4.69, 9.17) is 4.42 Å². The molecule has 1 atom stereocenters. The smallest absolute Gasteiger partial charge is 0.317 e. The van der Waals surface area contributed by atoms with Gasteiger partial charge in [0.25, 0.3) is 0 Å². The Labute approximate surface area is 142 Å². The molecule has 1 aliphatic heterocycles. The molecule has 0 spiro atoms. The number of hydrogen-bond donors (Lipinski definition) is 1. The van der Waals surface area contributed by atoms with Crippen LogP contribution >= 0.6 is 0 Å². The molecule has 1 saturated heterocycles. The zero-order chi connectivity index (χ0) is 16.8. The Bertz CT molecular complexity index is 630. The predicted molar refractivity (Wildman–Crippen MR) is 91.2 cm³/mol. The van der Waals surface area contributed by atoms with Crippen LogP contribution in [0.25, 0.3) is 0 Å². The number of likely N-dealkylation sites (tertiary alicyclic amines) is 1. The first-order valence-electron chi connectivity index (χ1n) is 8.33. The first-order chi connectivity index (χ1) is 11.7. The minimum absolute atomic E-state index is 0.0104. The van der Waals surface area contributed by atoms with E-state index in [2.05, 4.69) is 28.3 Å². The lowest BCUT2D eigenvalue weighted by molar-refractivity contribution is 0.202. The largest absolute Gasteiger partial charge is 0.467 e. The van der Waals surface area contributed by atoms with E-state index in [-0.39, 0.29) is 6.03 Å². The van der Waals surface area contributed by atoms with Gasteiger partial charge in [-0.15, -0.1) is 0 Å². The molecule has 0 radical (unpaired) electrons. The Morgan fingerprint density at radius 2 is 2.38 bits per heavy atom. The van der Waals surface area contributed by atoms with Crippen LogP contribution in [0.4, 0.5) is 4.79 Å². The molecule has 128 valence electrons. The van der Waals surface area contributed by atoms with Gasteiger partial charge in [0.05, 0.1) is 12.8 Å². The summed E-state index contributed by atoms with van der Waals surface area (Å²) in [6, 6.07) is 7.73. The van der Waals surface area contributed by atoms with E-state index in [1.54, 1.807) is 12.5 Å². The summed E-state index contributed by atoms with van der Waals surface area (Å²) in [5, 5.41) is 2.91. The molecule has 2 aromatic heterocycles. The average molecular weight is 328 g/mol. The van der Waals surface area contributed by atoms with E-state index in [1.165, 1.54) is 5.56 Å². The van der Waals surface area contributed by atoms with Crippen molar-refractivity contribution in [3.05, 3.63) is 54.2 Å². The molecule has 0 saturated carbocycles. The first-order valence-corrected chi connectivity index (χ1v) is 8.33. The van der Waals surface area contributed by atoms with Crippen LogP contribution in [0, 0.1) is 5.92 Å². The number of nitrogens with zero attached hydrogens (tertiary/aromatic N) is 3. The molecule has 2 aromatic rings. The van der Waals surface area contributed by atoms with Crippen molar-refractivity contribution >= 4 is 6.03 Å². The molecule has 0 unspecified atom stereocenters. The minimum atomic E-state index is -0.0104. The summed E-state index contributed by atoms with van der Waals surface area (Å²) in [4.78, 5) is 20.6. The summed E-state index contributed by atoms with van der Waals surface area (Å²) in [5.74, 6) is 1.29. The SMILES string of the molecule is CN(Cc1cccnc1)C[C@@H]1CCN(C(=O)NCc2ccco2)C1. The minimum Gasteiger partial charge on any atom is -0.467 e. The average Bonchev–Trinajstić information content (AvgIpc) is 3.25. The molecule has 3 heterocycles. The van der Waals surface area contributed by atoms with Crippen LogP contribution in [0.1, 0.15) is 17.7 Å². The highest BCUT2D eigenvalue weighted by atomic mass is 16.3. The standard InChI is InChI=1S/C18H24N4O2/c1-21(12-15-4-2-7-19-10-15)13-16-6-8-22(14-16)18(23)20-11-17-5-3-9-24-17/h2-5,7,9-10,16H,6,8,11-14H2,1H3,(H,20,23)/t16-/m0/s1. The molecule has 0 bridgehead atoms. The zero-order valence-corrected chi connectivity index (χ0v) is 14.0. The molecule has 6 nitrogen and oxygen atoms in total. The lowest BCUT2D eigenvalue weighted by atomic mass is 10.1. The van der Waals surface area contributed by atoms with Gasteiger partial charge in [-0.05, 0) is 43.1 Å². The first kappa shape index (κ1) is 16.5. The van der Waals surface area contributed by atoms with Crippen LogP contribution in [0.5, 0.6) is 0 Å². The van der Waals surface area contributed by atoms with Crippen molar-refractivity contribution in [1.29, 1.82) is 0 Å². The van der Waals surface area contributed by atoms with E-state index in [9.17, 15) is 4.79 Å². The highest BCUT2D eigenvalue weighted by Gasteiger charge is 2.26. The van der Waals surface area contributed by atoms with Gasteiger partial charge in [-0.25, -0.2) is 4.79 Å². The second-order valence-electron chi connectivity index (χ2n) is 6.40. The number of aromatic nitrogens is 1. The lowest BCUT2D eigenvalue weighted by Crippen LogP contribution is -2.38. The van der Waals surface area contributed by atoms with Gasteiger partial charge >= 0.3 is 6.03 Å². The summed E-state index contributed by atoms with van der Waals surface area (Å²) in [6.45, 7) is 3.93. The van der Waals surface area contributed by atoms with Crippen LogP contribution < -0.4 is 5.32 Å². The normalized spacial score (nSPS) is 17.4. The molecule has 1 aliphatic rings. The van der Waals surface area contributed by atoms with Gasteiger partial charge in [0.1, 0.15) is 5.76 Å². The van der Waals surface area contributed by atoms with Gasteiger partial charge < -0.3 is 19.5 Å². The molecule has 2 amide bonds. The summed E-state index contributed by atoms with van der Waals surface area (Å²) in [6.07, 6.45) is 6.36. The molecule has 3 rings (SSSR count). The zero-order valence-electron chi connectivity index (χ0n) is 14.0. The van der Waals surface area contributed by atoms with Crippen molar-refractivity contribution < 1.29 is 9.21 Å². The van der Waals surface area contributed by atoms with Gasteiger partial charge in [-0.3, -0.25) is 4.98 Å². The number of urea groups is 1. The Hall–Kier alpha value is -2.34. The fourth-order valence-corrected chi connectivity index (χ4v) is 3.16. The monoisotopic (exact) mass is 328 g/mol. The predicted octanol–water partition coefficient (Wildman–Crippen LogP) is 2.34. The fourth-order valence-electron chi connectivity index (χ4n) is 3.16. The summed E-state index contributed by atoms with van der Waals surface area (Å²) in [5.41, 5.74) is 1.21. The van der Waals surface area contributed by atoms with Crippen LogP contribution in [-0.4, -0.2) is 47.5 Å². The number of carbonyl (C=O) groups excluding carboxylic acids is 1. The number of amides is 2. The van der Waals surface area contributed by atoms with Gasteiger partial charge in [0.2, 0.25) is 0 Å². The van der Waals surface area contributed by atoms with Gasteiger partial charge in [0, 0.05) is 38.6 Å². The fraction of sp³-hybridized carbons (Fsp3) is 0.444. The molecule has 1 fully saturated rings. The highest BCUT2D eigenvalue weighted by Crippen LogP contribution is 2.18. The van der Waals surface area contributed by atoms with E-state index in [0.29, 0.717) is 12.5 Å². The maximum atomic E-state index is 12.2. The van der Waals surface area contributed by atoms with Crippen molar-refractivity contribution in [1.82, 2.24) is 20.1 Å². The van der Waals surface area contributed by atoms with Crippen molar-refractivity contribution in [3.63, 3.8) is 0 Å². The van der Waals surface area contributed by atoms with Crippen molar-refractivity contribution in [2.45, 2.75) is 19.5 Å². The molecule has 1 N–H and O–H groups in total. The third kappa shape index (κ3) is 4.58. The molecule has 0 aromatic carbocycles. The Morgan fingerprint density at radius 3 is 3.12 bits per heavy atom. The highest BCUT2D eigenvalue weighted by molar-refractivity contribution is 5.74. The summed E-state index contributed by atoms with van der Waals surface area (Å²) < 4.78 is 5.23. The Morgan fingerprint density at radius 1 is 1.46 bits per heavy atom. The number of carbonyl (C=O) groups is 1. The van der Waals surface area contributed by atoms with Gasteiger partial charge in [-0.2, -0.15) is 0 Å².